The molecule has 1 aromatic rings. The second kappa shape index (κ2) is 5.36. The van der Waals surface area contributed by atoms with Gasteiger partial charge >= 0.3 is 0 Å². The fraction of sp³-hybridized carbons (Fsp3) is 0.250. The van der Waals surface area contributed by atoms with E-state index in [0.29, 0.717) is 13.2 Å². The molecular weight excluding hydrogens is 160 g/mol. The summed E-state index contributed by atoms with van der Waals surface area (Å²) in [7, 11) is 0. The summed E-state index contributed by atoms with van der Waals surface area (Å²) in [5, 5.41) is 0. The van der Waals surface area contributed by atoms with Gasteiger partial charge < -0.3 is 4.74 Å². The lowest BCUT2D eigenvalue weighted by molar-refractivity contribution is 0.142. The average molecular weight is 174 g/mol. The van der Waals surface area contributed by atoms with Crippen LogP contribution in [0.1, 0.15) is 12.5 Å². The predicted octanol–water partition coefficient (Wildman–Crippen LogP) is 2.93. The van der Waals surface area contributed by atoms with Crippen molar-refractivity contribution in [1.29, 1.82) is 0 Å². The Bertz CT molecular complexity index is 294. The molecule has 0 spiro atoms. The molecule has 0 N–H and O–H groups in total. The molecule has 0 amide bonds. The highest BCUT2D eigenvalue weighted by Gasteiger charge is 1.91. The summed E-state index contributed by atoms with van der Waals surface area (Å²) in [5.41, 5.74) is 5.02. The van der Waals surface area contributed by atoms with Gasteiger partial charge in [-0.25, -0.2) is 0 Å². The lowest BCUT2D eigenvalue weighted by atomic mass is 10.2. The maximum Gasteiger partial charge on any atom is 0.0752 e. The third-order valence-electron chi connectivity index (χ3n) is 1.73. The zero-order valence-corrected chi connectivity index (χ0v) is 7.92. The first-order valence-electron chi connectivity index (χ1n) is 4.30. The van der Waals surface area contributed by atoms with Gasteiger partial charge in [-0.3, -0.25) is 0 Å². The van der Waals surface area contributed by atoms with E-state index < -0.39 is 0 Å². The minimum atomic E-state index is 0.610. The fourth-order valence-corrected chi connectivity index (χ4v) is 0.947. The Morgan fingerprint density at radius 3 is 2.69 bits per heavy atom. The fourth-order valence-electron chi connectivity index (χ4n) is 0.947. The molecule has 0 aliphatic carbocycles. The van der Waals surface area contributed by atoms with Gasteiger partial charge in [0.25, 0.3) is 0 Å². The Morgan fingerprint density at radius 2 is 2.08 bits per heavy atom. The molecule has 1 rings (SSSR count). The normalized spacial score (nSPS) is 9.31. The Balaban J connectivity index is 2.32. The van der Waals surface area contributed by atoms with Crippen molar-refractivity contribution in [2.24, 2.45) is 0 Å². The van der Waals surface area contributed by atoms with Crippen LogP contribution >= 0.6 is 0 Å². The zero-order valence-electron chi connectivity index (χ0n) is 7.92. The third-order valence-corrected chi connectivity index (χ3v) is 1.73. The monoisotopic (exact) mass is 174 g/mol. The Hall–Kier alpha value is -1.30. The maximum atomic E-state index is 5.43. The van der Waals surface area contributed by atoms with Crippen molar-refractivity contribution in [1.82, 2.24) is 0 Å². The van der Waals surface area contributed by atoms with Crippen LogP contribution in [0.3, 0.4) is 0 Å². The van der Waals surface area contributed by atoms with Crippen molar-refractivity contribution in [3.63, 3.8) is 0 Å². The summed E-state index contributed by atoms with van der Waals surface area (Å²) >= 11 is 0. The van der Waals surface area contributed by atoms with Crippen LogP contribution in [0, 0.1) is 0 Å². The lowest BCUT2D eigenvalue weighted by Crippen LogP contribution is -1.95. The van der Waals surface area contributed by atoms with E-state index in [-0.39, 0.29) is 0 Å². The molecule has 0 saturated heterocycles. The minimum absolute atomic E-state index is 0.610. The number of ether oxygens (including phenoxy) is 1. The zero-order chi connectivity index (χ0) is 9.52. The summed E-state index contributed by atoms with van der Waals surface area (Å²) in [6.45, 7) is 6.76. The molecule has 1 nitrogen and oxygen atoms in total. The Kier molecular flexibility index (Phi) is 4.04. The van der Waals surface area contributed by atoms with Gasteiger partial charge in [0.2, 0.25) is 0 Å². The van der Waals surface area contributed by atoms with Gasteiger partial charge in [0.1, 0.15) is 0 Å². The van der Waals surface area contributed by atoms with E-state index >= 15 is 0 Å². The number of rotatable bonds is 4. The first kappa shape index (κ1) is 9.79. The van der Waals surface area contributed by atoms with Crippen LogP contribution in [0.15, 0.2) is 48.2 Å². The van der Waals surface area contributed by atoms with Crippen LogP contribution in [0.4, 0.5) is 0 Å². The van der Waals surface area contributed by atoms with Gasteiger partial charge in [0, 0.05) is 0 Å². The van der Waals surface area contributed by atoms with Gasteiger partial charge in [0.05, 0.1) is 13.2 Å². The summed E-state index contributed by atoms with van der Waals surface area (Å²) in [6.07, 6.45) is 0. The highest BCUT2D eigenvalue weighted by atomic mass is 16.5. The summed E-state index contributed by atoms with van der Waals surface area (Å²) < 4.78 is 5.43. The molecule has 13 heavy (non-hydrogen) atoms. The largest absolute Gasteiger partial charge is 0.372 e. The number of benzene rings is 1. The van der Waals surface area contributed by atoms with E-state index in [1.165, 1.54) is 5.56 Å². The topological polar surface area (TPSA) is 9.23 Å². The van der Waals surface area contributed by atoms with E-state index in [9.17, 15) is 0 Å². The molecule has 0 aliphatic rings. The van der Waals surface area contributed by atoms with Gasteiger partial charge in [-0.15, -0.1) is 5.73 Å². The first-order chi connectivity index (χ1) is 6.33. The molecule has 0 aliphatic heterocycles. The molecule has 0 aromatic heterocycles. The van der Waals surface area contributed by atoms with Gasteiger partial charge in [-0.2, -0.15) is 0 Å². The summed E-state index contributed by atoms with van der Waals surface area (Å²) in [4.78, 5) is 0. The van der Waals surface area contributed by atoms with E-state index in [1.54, 1.807) is 0 Å². The molecule has 1 heteroatoms. The van der Waals surface area contributed by atoms with Gasteiger partial charge in [0.15, 0.2) is 0 Å². The number of hydrogen-bond donors (Lipinski definition) is 0. The van der Waals surface area contributed by atoms with E-state index in [2.05, 4.69) is 12.3 Å². The second-order valence-electron chi connectivity index (χ2n) is 2.94. The summed E-state index contributed by atoms with van der Waals surface area (Å²) in [5.74, 6) is 0. The molecule has 1 aromatic carbocycles. The third kappa shape index (κ3) is 3.75. The van der Waals surface area contributed by atoms with E-state index in [4.69, 9.17) is 4.74 Å². The predicted molar refractivity (Wildman–Crippen MR) is 54.4 cm³/mol. The van der Waals surface area contributed by atoms with Crippen LogP contribution < -0.4 is 0 Å². The van der Waals surface area contributed by atoms with Crippen LogP contribution in [-0.2, 0) is 11.3 Å². The first-order valence-corrected chi connectivity index (χ1v) is 4.30. The molecule has 0 bridgehead atoms. The van der Waals surface area contributed by atoms with E-state index in [0.717, 1.165) is 5.57 Å². The van der Waals surface area contributed by atoms with Crippen molar-refractivity contribution in [2.45, 2.75) is 13.5 Å². The van der Waals surface area contributed by atoms with E-state index in [1.807, 2.05) is 37.3 Å². The van der Waals surface area contributed by atoms with Crippen LogP contribution in [-0.4, -0.2) is 6.61 Å². The van der Waals surface area contributed by atoms with Crippen molar-refractivity contribution >= 4 is 0 Å². The Labute approximate surface area is 79.4 Å². The molecule has 0 fully saturated rings. The number of hydrogen-bond acceptors (Lipinski definition) is 1. The second-order valence-corrected chi connectivity index (χ2v) is 2.94. The smallest absolute Gasteiger partial charge is 0.0752 e. The van der Waals surface area contributed by atoms with Crippen LogP contribution in [0.25, 0.3) is 0 Å². The minimum Gasteiger partial charge on any atom is -0.372 e. The molecule has 0 saturated carbocycles. The lowest BCUT2D eigenvalue weighted by Gasteiger charge is -2.02. The molecule has 0 unspecified atom stereocenters. The van der Waals surface area contributed by atoms with Crippen molar-refractivity contribution in [3.8, 4) is 0 Å². The van der Waals surface area contributed by atoms with Gasteiger partial charge in [-0.1, -0.05) is 36.9 Å². The molecule has 68 valence electrons. The molecule has 0 heterocycles. The summed E-state index contributed by atoms with van der Waals surface area (Å²) in [6, 6.07) is 10.1. The van der Waals surface area contributed by atoms with Crippen LogP contribution in [0.5, 0.6) is 0 Å². The molecule has 0 radical (unpaired) electrons. The van der Waals surface area contributed by atoms with Crippen LogP contribution in [0.2, 0.25) is 0 Å². The maximum absolute atomic E-state index is 5.43. The highest BCUT2D eigenvalue weighted by Crippen LogP contribution is 2.01. The average Bonchev–Trinajstić information content (AvgIpc) is 2.19. The van der Waals surface area contributed by atoms with Crippen molar-refractivity contribution in [3.05, 3.63) is 53.8 Å². The quantitative estimate of drug-likeness (QED) is 0.638. The van der Waals surface area contributed by atoms with Crippen molar-refractivity contribution in [2.75, 3.05) is 6.61 Å². The molecular formula is C12H14O. The van der Waals surface area contributed by atoms with Gasteiger partial charge in [-0.05, 0) is 18.1 Å². The van der Waals surface area contributed by atoms with Crippen molar-refractivity contribution < 1.29 is 4.74 Å². The Morgan fingerprint density at radius 1 is 1.38 bits per heavy atom. The highest BCUT2D eigenvalue weighted by molar-refractivity contribution is 5.13. The molecule has 0 atom stereocenters. The standard InChI is InChI=1S/C12H14O/c1-3-11(2)9-13-10-12-7-5-4-6-8-12/h4-8H,1,9-10H2,2H3. The SMILES string of the molecule is C=C=C(C)COCc1ccccc1.